The van der Waals surface area contributed by atoms with E-state index in [0.29, 0.717) is 15.9 Å². The Morgan fingerprint density at radius 3 is 2.83 bits per heavy atom. The Balaban J connectivity index is 2.40. The summed E-state index contributed by atoms with van der Waals surface area (Å²) in [5, 5.41) is 10.6. The van der Waals surface area contributed by atoms with Crippen molar-refractivity contribution in [3.05, 3.63) is 29.4 Å². The monoisotopic (exact) mass is 267 g/mol. The number of benzene rings is 1. The van der Waals surface area contributed by atoms with Gasteiger partial charge in [0.2, 0.25) is 5.78 Å². The van der Waals surface area contributed by atoms with Crippen LogP contribution in [-0.4, -0.2) is 21.6 Å². The van der Waals surface area contributed by atoms with Gasteiger partial charge in [-0.3, -0.25) is 4.79 Å². The Morgan fingerprint density at radius 1 is 1.44 bits per heavy atom. The lowest BCUT2D eigenvalue weighted by Gasteiger charge is -2.04. The van der Waals surface area contributed by atoms with Crippen molar-refractivity contribution in [2.75, 3.05) is 0 Å². The van der Waals surface area contributed by atoms with E-state index in [0.717, 1.165) is 4.73 Å². The highest BCUT2D eigenvalue weighted by Crippen LogP contribution is 2.28. The van der Waals surface area contributed by atoms with Crippen LogP contribution in [0.5, 0.6) is 5.75 Å². The van der Waals surface area contributed by atoms with E-state index >= 15 is 0 Å². The second-order valence-corrected chi connectivity index (χ2v) is 4.09. The predicted octanol–water partition coefficient (Wildman–Crippen LogP) is 1.93. The molecule has 0 aliphatic rings. The van der Waals surface area contributed by atoms with Crippen molar-refractivity contribution < 1.29 is 19.5 Å². The maximum atomic E-state index is 11.4. The molecular formula is C12H10ClNO4. The van der Waals surface area contributed by atoms with Crippen LogP contribution in [0, 0.1) is 0 Å². The SMILES string of the molecule is CCC(=O)C(=O)On1cc(O)c2cc(Cl)ccc21. The number of Topliss-reactive ketones (excluding diaryl/α,β-unsaturated/α-hetero) is 1. The van der Waals surface area contributed by atoms with Crippen LogP contribution >= 0.6 is 11.6 Å². The van der Waals surface area contributed by atoms with Crippen molar-refractivity contribution >= 4 is 34.3 Å². The summed E-state index contributed by atoms with van der Waals surface area (Å²) < 4.78 is 1.05. The average Bonchev–Trinajstić information content (AvgIpc) is 2.65. The van der Waals surface area contributed by atoms with Gasteiger partial charge in [-0.15, -0.1) is 0 Å². The molecule has 2 aromatic rings. The first-order valence-corrected chi connectivity index (χ1v) is 5.65. The molecule has 0 unspecified atom stereocenters. The lowest BCUT2D eigenvalue weighted by Crippen LogP contribution is -2.26. The zero-order chi connectivity index (χ0) is 13.3. The molecule has 0 radical (unpaired) electrons. The molecule has 1 aromatic heterocycles. The number of ketones is 1. The number of nitrogens with zero attached hydrogens (tertiary/aromatic N) is 1. The summed E-state index contributed by atoms with van der Waals surface area (Å²) in [6.45, 7) is 1.56. The molecule has 0 atom stereocenters. The summed E-state index contributed by atoms with van der Waals surface area (Å²) in [5.41, 5.74) is 0.453. The fourth-order valence-corrected chi connectivity index (χ4v) is 1.69. The average molecular weight is 268 g/mol. The molecule has 0 saturated heterocycles. The molecule has 1 aromatic carbocycles. The molecule has 94 valence electrons. The number of rotatable bonds is 3. The van der Waals surface area contributed by atoms with Crippen molar-refractivity contribution in [2.24, 2.45) is 0 Å². The molecule has 0 aliphatic carbocycles. The van der Waals surface area contributed by atoms with E-state index in [4.69, 9.17) is 16.4 Å². The summed E-state index contributed by atoms with van der Waals surface area (Å²) in [5.74, 6) is -1.68. The molecule has 5 nitrogen and oxygen atoms in total. The molecule has 2 rings (SSSR count). The van der Waals surface area contributed by atoms with E-state index in [1.807, 2.05) is 0 Å². The number of hydrogen-bond donors (Lipinski definition) is 1. The summed E-state index contributed by atoms with van der Waals surface area (Å²) in [7, 11) is 0. The Labute approximate surface area is 107 Å². The second-order valence-electron chi connectivity index (χ2n) is 3.66. The maximum absolute atomic E-state index is 11.4. The third kappa shape index (κ3) is 2.17. The van der Waals surface area contributed by atoms with Crippen molar-refractivity contribution in [1.29, 1.82) is 0 Å². The Bertz CT molecular complexity index is 632. The van der Waals surface area contributed by atoms with Gasteiger partial charge in [0.15, 0.2) is 0 Å². The van der Waals surface area contributed by atoms with Gasteiger partial charge in [-0.2, -0.15) is 4.73 Å². The Kier molecular flexibility index (Phi) is 3.25. The Morgan fingerprint density at radius 2 is 2.17 bits per heavy atom. The summed E-state index contributed by atoms with van der Waals surface area (Å²) >= 11 is 5.80. The number of halogens is 1. The number of carbonyl (C=O) groups is 2. The van der Waals surface area contributed by atoms with Gasteiger partial charge in [-0.25, -0.2) is 4.79 Å². The van der Waals surface area contributed by atoms with E-state index in [9.17, 15) is 14.7 Å². The topological polar surface area (TPSA) is 68.5 Å². The lowest BCUT2D eigenvalue weighted by molar-refractivity contribution is -0.153. The van der Waals surface area contributed by atoms with Gasteiger partial charge < -0.3 is 9.94 Å². The number of aromatic hydroxyl groups is 1. The minimum Gasteiger partial charge on any atom is -0.506 e. The number of fused-ring (bicyclic) bond motifs is 1. The predicted molar refractivity (Wildman–Crippen MR) is 65.5 cm³/mol. The molecule has 0 saturated carbocycles. The van der Waals surface area contributed by atoms with Crippen molar-refractivity contribution in [2.45, 2.75) is 13.3 Å². The first-order chi connectivity index (χ1) is 8.52. The first kappa shape index (κ1) is 12.4. The fourth-order valence-electron chi connectivity index (χ4n) is 1.52. The molecule has 1 heterocycles. The molecule has 0 aliphatic heterocycles. The first-order valence-electron chi connectivity index (χ1n) is 5.28. The zero-order valence-corrected chi connectivity index (χ0v) is 10.3. The maximum Gasteiger partial charge on any atom is 0.399 e. The van der Waals surface area contributed by atoms with Gasteiger partial charge in [-0.1, -0.05) is 18.5 Å². The van der Waals surface area contributed by atoms with Crippen molar-refractivity contribution in [3.63, 3.8) is 0 Å². The van der Waals surface area contributed by atoms with Crippen LogP contribution in [0.2, 0.25) is 5.02 Å². The highest BCUT2D eigenvalue weighted by Gasteiger charge is 2.17. The number of carbonyl (C=O) groups excluding carboxylic acids is 2. The fraction of sp³-hybridized carbons (Fsp3) is 0.167. The van der Waals surface area contributed by atoms with Gasteiger partial charge in [-0.05, 0) is 18.2 Å². The van der Waals surface area contributed by atoms with Gasteiger partial charge >= 0.3 is 5.97 Å². The highest BCUT2D eigenvalue weighted by molar-refractivity contribution is 6.33. The summed E-state index contributed by atoms with van der Waals surface area (Å²) in [6.07, 6.45) is 1.28. The largest absolute Gasteiger partial charge is 0.506 e. The highest BCUT2D eigenvalue weighted by atomic mass is 35.5. The van der Waals surface area contributed by atoms with Crippen LogP contribution in [0.15, 0.2) is 24.4 Å². The molecule has 1 N–H and O–H groups in total. The molecule has 0 spiro atoms. The van der Waals surface area contributed by atoms with Crippen molar-refractivity contribution in [3.8, 4) is 5.75 Å². The van der Waals surface area contributed by atoms with Crippen LogP contribution in [0.25, 0.3) is 10.9 Å². The van der Waals surface area contributed by atoms with Crippen LogP contribution in [0.4, 0.5) is 0 Å². The van der Waals surface area contributed by atoms with E-state index in [-0.39, 0.29) is 12.2 Å². The van der Waals surface area contributed by atoms with E-state index in [1.54, 1.807) is 19.1 Å². The van der Waals surface area contributed by atoms with E-state index in [2.05, 4.69) is 0 Å². The lowest BCUT2D eigenvalue weighted by atomic mass is 10.2. The van der Waals surface area contributed by atoms with Gasteiger partial charge in [0.1, 0.15) is 5.75 Å². The minimum atomic E-state index is -0.968. The summed E-state index contributed by atoms with van der Waals surface area (Å²) in [6, 6.07) is 4.72. The second kappa shape index (κ2) is 4.70. The number of aromatic nitrogens is 1. The molecule has 18 heavy (non-hydrogen) atoms. The van der Waals surface area contributed by atoms with Crippen LogP contribution in [0.1, 0.15) is 13.3 Å². The van der Waals surface area contributed by atoms with Gasteiger partial charge in [0.05, 0.1) is 11.7 Å². The van der Waals surface area contributed by atoms with E-state index < -0.39 is 11.8 Å². The summed E-state index contributed by atoms with van der Waals surface area (Å²) in [4.78, 5) is 27.4. The normalized spacial score (nSPS) is 10.6. The van der Waals surface area contributed by atoms with Gasteiger partial charge in [0, 0.05) is 16.8 Å². The van der Waals surface area contributed by atoms with Crippen LogP contribution in [0.3, 0.4) is 0 Å². The molecule has 0 bridgehead atoms. The molecular weight excluding hydrogens is 258 g/mol. The number of hydrogen-bond acceptors (Lipinski definition) is 4. The van der Waals surface area contributed by atoms with Crippen LogP contribution < -0.4 is 4.84 Å². The van der Waals surface area contributed by atoms with Crippen LogP contribution in [-0.2, 0) is 9.59 Å². The zero-order valence-electron chi connectivity index (χ0n) is 9.51. The molecule has 0 amide bonds. The molecule has 0 fully saturated rings. The molecule has 6 heteroatoms. The Hall–Kier alpha value is -2.01. The van der Waals surface area contributed by atoms with Gasteiger partial charge in [0.25, 0.3) is 0 Å². The third-order valence-electron chi connectivity index (χ3n) is 2.44. The quantitative estimate of drug-likeness (QED) is 0.863. The third-order valence-corrected chi connectivity index (χ3v) is 2.68. The van der Waals surface area contributed by atoms with E-state index in [1.165, 1.54) is 12.3 Å². The standard InChI is InChI=1S/C12H10ClNO4/c1-2-10(15)12(17)18-14-6-11(16)8-5-7(13)3-4-9(8)14/h3-6,16H,2H2,1H3. The smallest absolute Gasteiger partial charge is 0.399 e. The minimum absolute atomic E-state index is 0.0653. The van der Waals surface area contributed by atoms with Crippen molar-refractivity contribution in [1.82, 2.24) is 4.73 Å².